The number of nitrogens with zero attached hydrogens (tertiary/aromatic N) is 2. The fourth-order valence-electron chi connectivity index (χ4n) is 2.47. The van der Waals surface area contributed by atoms with E-state index in [4.69, 9.17) is 4.84 Å². The minimum Gasteiger partial charge on any atom is -0.466 e. The summed E-state index contributed by atoms with van der Waals surface area (Å²) in [7, 11) is 1.21. The Labute approximate surface area is 143 Å². The minimum atomic E-state index is -0.710. The van der Waals surface area contributed by atoms with Gasteiger partial charge in [0.15, 0.2) is 0 Å². The van der Waals surface area contributed by atoms with Crippen LogP contribution in [0.5, 0.6) is 0 Å². The standard InChI is InChI=1S/C18H15FN2O4/c1-24-17(22)6-7-18(23)25-21-10-16(20-11-21)13-3-2-12-4-5-15(19)9-14(12)8-13/h2-9,11,16H,10H2,1H3/b7-6+. The minimum absolute atomic E-state index is 0.231. The first-order chi connectivity index (χ1) is 12.0. The van der Waals surface area contributed by atoms with Crippen LogP contribution in [0.1, 0.15) is 11.6 Å². The molecule has 0 aliphatic carbocycles. The third kappa shape index (κ3) is 4.00. The van der Waals surface area contributed by atoms with Crippen molar-refractivity contribution in [1.29, 1.82) is 0 Å². The lowest BCUT2D eigenvalue weighted by molar-refractivity contribution is -0.164. The summed E-state index contributed by atoms with van der Waals surface area (Å²) in [6, 6.07) is 10.0. The van der Waals surface area contributed by atoms with Crippen LogP contribution in [0, 0.1) is 5.82 Å². The van der Waals surface area contributed by atoms with E-state index in [9.17, 15) is 14.0 Å². The highest BCUT2D eigenvalue weighted by atomic mass is 19.1. The zero-order valence-electron chi connectivity index (χ0n) is 13.4. The van der Waals surface area contributed by atoms with Gasteiger partial charge in [-0.15, -0.1) is 0 Å². The molecule has 1 aliphatic rings. The van der Waals surface area contributed by atoms with Gasteiger partial charge in [-0.1, -0.05) is 18.2 Å². The summed E-state index contributed by atoms with van der Waals surface area (Å²) >= 11 is 0. The molecular weight excluding hydrogens is 327 g/mol. The summed E-state index contributed by atoms with van der Waals surface area (Å²) in [4.78, 5) is 31.9. The van der Waals surface area contributed by atoms with Gasteiger partial charge in [0.1, 0.15) is 12.2 Å². The van der Waals surface area contributed by atoms with E-state index in [1.54, 1.807) is 6.07 Å². The summed E-state index contributed by atoms with van der Waals surface area (Å²) in [5.41, 5.74) is 0.887. The Balaban J connectivity index is 1.65. The van der Waals surface area contributed by atoms with Gasteiger partial charge in [-0.05, 0) is 34.5 Å². The van der Waals surface area contributed by atoms with Crippen LogP contribution in [0.4, 0.5) is 4.39 Å². The van der Waals surface area contributed by atoms with E-state index in [0.717, 1.165) is 28.5 Å². The molecule has 2 aromatic rings. The molecule has 25 heavy (non-hydrogen) atoms. The average Bonchev–Trinajstić information content (AvgIpc) is 3.07. The van der Waals surface area contributed by atoms with Crippen molar-refractivity contribution in [1.82, 2.24) is 5.06 Å². The fourth-order valence-corrected chi connectivity index (χ4v) is 2.47. The number of halogens is 1. The molecule has 3 rings (SSSR count). The second-order valence-electron chi connectivity index (χ2n) is 5.40. The molecule has 1 atom stereocenters. The van der Waals surface area contributed by atoms with Crippen molar-refractivity contribution < 1.29 is 23.6 Å². The maximum absolute atomic E-state index is 13.4. The molecule has 0 fully saturated rings. The molecule has 0 bridgehead atoms. The van der Waals surface area contributed by atoms with E-state index >= 15 is 0 Å². The summed E-state index contributed by atoms with van der Waals surface area (Å²) < 4.78 is 17.8. The number of carbonyl (C=O) groups is 2. The fraction of sp³-hybridized carbons (Fsp3) is 0.167. The molecule has 0 amide bonds. The van der Waals surface area contributed by atoms with E-state index in [0.29, 0.717) is 6.54 Å². The summed E-state index contributed by atoms with van der Waals surface area (Å²) in [5.74, 6) is -1.65. The second-order valence-corrected chi connectivity index (χ2v) is 5.40. The second kappa shape index (κ2) is 7.12. The number of rotatable bonds is 4. The number of esters is 1. The smallest absolute Gasteiger partial charge is 0.356 e. The van der Waals surface area contributed by atoms with Crippen molar-refractivity contribution in [2.24, 2.45) is 4.99 Å². The summed E-state index contributed by atoms with van der Waals surface area (Å²) in [6.07, 6.45) is 3.36. The largest absolute Gasteiger partial charge is 0.466 e. The number of aliphatic imine (C=N–C) groups is 1. The molecule has 0 radical (unpaired) electrons. The van der Waals surface area contributed by atoms with Crippen molar-refractivity contribution in [3.8, 4) is 0 Å². The van der Waals surface area contributed by atoms with E-state index in [1.165, 1.54) is 30.6 Å². The number of hydrogen-bond acceptors (Lipinski definition) is 6. The Morgan fingerprint density at radius 2 is 1.92 bits per heavy atom. The van der Waals surface area contributed by atoms with E-state index in [1.807, 2.05) is 18.2 Å². The zero-order chi connectivity index (χ0) is 17.8. The first-order valence-electron chi connectivity index (χ1n) is 7.52. The number of benzene rings is 2. The molecule has 0 saturated carbocycles. The monoisotopic (exact) mass is 342 g/mol. The topological polar surface area (TPSA) is 68.2 Å². The van der Waals surface area contributed by atoms with Gasteiger partial charge in [-0.3, -0.25) is 4.99 Å². The lowest BCUT2D eigenvalue weighted by Gasteiger charge is -2.14. The normalized spacial score (nSPS) is 16.6. The Kier molecular flexibility index (Phi) is 4.74. The Morgan fingerprint density at radius 3 is 2.72 bits per heavy atom. The molecule has 128 valence electrons. The van der Waals surface area contributed by atoms with Crippen molar-refractivity contribution in [3.63, 3.8) is 0 Å². The Morgan fingerprint density at radius 1 is 1.16 bits per heavy atom. The van der Waals surface area contributed by atoms with Crippen molar-refractivity contribution in [2.45, 2.75) is 6.04 Å². The highest BCUT2D eigenvalue weighted by Crippen LogP contribution is 2.26. The van der Waals surface area contributed by atoms with Crippen molar-refractivity contribution in [2.75, 3.05) is 13.7 Å². The SMILES string of the molecule is COC(=O)/C=C/C(=O)ON1C=NC(c2ccc3ccc(F)cc3c2)C1. The predicted molar refractivity (Wildman–Crippen MR) is 89.1 cm³/mol. The molecule has 6 nitrogen and oxygen atoms in total. The molecule has 1 aliphatic heterocycles. The maximum Gasteiger partial charge on any atom is 0.356 e. The van der Waals surface area contributed by atoms with Gasteiger partial charge in [0, 0.05) is 12.2 Å². The van der Waals surface area contributed by atoms with Gasteiger partial charge in [0.05, 0.1) is 19.7 Å². The first kappa shape index (κ1) is 16.6. The molecule has 2 aromatic carbocycles. The maximum atomic E-state index is 13.4. The Bertz CT molecular complexity index is 879. The van der Waals surface area contributed by atoms with Crippen LogP contribution < -0.4 is 0 Å². The summed E-state index contributed by atoms with van der Waals surface area (Å²) in [5, 5.41) is 3.00. The van der Waals surface area contributed by atoms with Gasteiger partial charge in [0.25, 0.3) is 0 Å². The van der Waals surface area contributed by atoms with E-state index in [2.05, 4.69) is 9.73 Å². The molecule has 1 unspecified atom stereocenters. The van der Waals surface area contributed by atoms with Gasteiger partial charge in [0.2, 0.25) is 0 Å². The van der Waals surface area contributed by atoms with Crippen molar-refractivity contribution in [3.05, 3.63) is 59.9 Å². The first-order valence-corrected chi connectivity index (χ1v) is 7.52. The van der Waals surface area contributed by atoms with E-state index in [-0.39, 0.29) is 11.9 Å². The molecule has 0 aromatic heterocycles. The zero-order valence-corrected chi connectivity index (χ0v) is 13.4. The molecule has 0 saturated heterocycles. The quantitative estimate of drug-likeness (QED) is 0.631. The molecular formula is C18H15FN2O4. The molecule has 0 N–H and O–H groups in total. The van der Waals surface area contributed by atoms with Crippen LogP contribution in [-0.2, 0) is 19.2 Å². The molecule has 0 spiro atoms. The van der Waals surface area contributed by atoms with Crippen molar-refractivity contribution >= 4 is 29.0 Å². The highest BCUT2D eigenvalue weighted by Gasteiger charge is 2.22. The van der Waals surface area contributed by atoms with Gasteiger partial charge in [-0.25, -0.2) is 14.0 Å². The third-order valence-corrected chi connectivity index (χ3v) is 3.70. The summed E-state index contributed by atoms with van der Waals surface area (Å²) in [6.45, 7) is 0.332. The third-order valence-electron chi connectivity index (χ3n) is 3.70. The number of carbonyl (C=O) groups excluding carboxylic acids is 2. The number of methoxy groups -OCH3 is 1. The van der Waals surface area contributed by atoms with Crippen LogP contribution in [-0.4, -0.2) is 37.0 Å². The van der Waals surface area contributed by atoms with Crippen LogP contribution in [0.3, 0.4) is 0 Å². The number of ether oxygens (including phenoxy) is 1. The van der Waals surface area contributed by atoms with E-state index < -0.39 is 11.9 Å². The highest BCUT2D eigenvalue weighted by molar-refractivity contribution is 5.91. The van der Waals surface area contributed by atoms with Gasteiger partial charge < -0.3 is 9.57 Å². The molecule has 7 heteroatoms. The lowest BCUT2D eigenvalue weighted by atomic mass is 10.0. The van der Waals surface area contributed by atoms with Gasteiger partial charge in [-0.2, -0.15) is 5.06 Å². The molecule has 1 heterocycles. The lowest BCUT2D eigenvalue weighted by Crippen LogP contribution is -2.24. The van der Waals surface area contributed by atoms with Crippen LogP contribution in [0.15, 0.2) is 53.5 Å². The number of hydrogen-bond donors (Lipinski definition) is 0. The van der Waals surface area contributed by atoms with Crippen LogP contribution in [0.2, 0.25) is 0 Å². The number of hydroxylamine groups is 2. The van der Waals surface area contributed by atoms with Crippen LogP contribution in [0.25, 0.3) is 10.8 Å². The average molecular weight is 342 g/mol. The van der Waals surface area contributed by atoms with Gasteiger partial charge >= 0.3 is 11.9 Å². The predicted octanol–water partition coefficient (Wildman–Crippen LogP) is 2.55. The number of fused-ring (bicyclic) bond motifs is 1. The Hall–Kier alpha value is -3.22. The van der Waals surface area contributed by atoms with Crippen LogP contribution >= 0.6 is 0 Å².